The number of benzene rings is 1. The van der Waals surface area contributed by atoms with Crippen molar-refractivity contribution in [2.24, 2.45) is 23.2 Å². The van der Waals surface area contributed by atoms with Crippen molar-refractivity contribution in [2.75, 3.05) is 13.1 Å². The second kappa shape index (κ2) is 6.71. The number of likely N-dealkylation sites (tertiary alicyclic amines) is 1. The molecule has 4 heteroatoms. The minimum atomic E-state index is -0.0930. The van der Waals surface area contributed by atoms with Gasteiger partial charge < -0.3 is 10.2 Å². The normalized spacial score (nSPS) is 29.9. The maximum atomic E-state index is 12.8. The molecule has 2 saturated carbocycles. The third-order valence-electron chi connectivity index (χ3n) is 6.47. The van der Waals surface area contributed by atoms with Crippen molar-refractivity contribution in [1.82, 2.24) is 10.2 Å². The Balaban J connectivity index is 1.30. The van der Waals surface area contributed by atoms with E-state index in [0.29, 0.717) is 24.2 Å². The molecule has 1 unspecified atom stereocenters. The summed E-state index contributed by atoms with van der Waals surface area (Å²) in [7, 11) is 0. The molecule has 2 aliphatic carbocycles. The van der Waals surface area contributed by atoms with Gasteiger partial charge in [-0.05, 0) is 43.1 Å². The molecule has 1 N–H and O–H groups in total. The van der Waals surface area contributed by atoms with Gasteiger partial charge >= 0.3 is 0 Å². The maximum Gasteiger partial charge on any atom is 0.226 e. The van der Waals surface area contributed by atoms with E-state index in [0.717, 1.165) is 37.4 Å². The highest BCUT2D eigenvalue weighted by Gasteiger charge is 2.53. The van der Waals surface area contributed by atoms with Gasteiger partial charge in [-0.25, -0.2) is 0 Å². The van der Waals surface area contributed by atoms with Crippen LogP contribution in [0.4, 0.5) is 0 Å². The van der Waals surface area contributed by atoms with Gasteiger partial charge in [0, 0.05) is 30.5 Å². The van der Waals surface area contributed by atoms with E-state index in [2.05, 4.69) is 24.1 Å². The molecule has 0 aromatic heterocycles. The van der Waals surface area contributed by atoms with Crippen LogP contribution >= 0.6 is 0 Å². The van der Waals surface area contributed by atoms with E-state index < -0.39 is 0 Å². The Morgan fingerprint density at radius 3 is 2.54 bits per heavy atom. The van der Waals surface area contributed by atoms with E-state index in [4.69, 9.17) is 0 Å². The van der Waals surface area contributed by atoms with Crippen molar-refractivity contribution < 1.29 is 9.59 Å². The number of carbonyl (C=O) groups is 2. The molecule has 0 radical (unpaired) electrons. The van der Waals surface area contributed by atoms with Gasteiger partial charge in [0.25, 0.3) is 0 Å². The van der Waals surface area contributed by atoms with Crippen LogP contribution in [0.25, 0.3) is 0 Å². The molecule has 4 rings (SSSR count). The molecule has 0 bridgehead atoms. The lowest BCUT2D eigenvalue weighted by molar-refractivity contribution is -0.137. The van der Waals surface area contributed by atoms with Crippen LogP contribution in [0.3, 0.4) is 0 Å². The summed E-state index contributed by atoms with van der Waals surface area (Å²) < 4.78 is 0. The van der Waals surface area contributed by atoms with E-state index in [1.54, 1.807) is 0 Å². The van der Waals surface area contributed by atoms with E-state index in [-0.39, 0.29) is 17.4 Å². The summed E-state index contributed by atoms with van der Waals surface area (Å²) in [6, 6.07) is 9.98. The van der Waals surface area contributed by atoms with E-state index in [9.17, 15) is 9.59 Å². The molecule has 1 aliphatic heterocycles. The van der Waals surface area contributed by atoms with Crippen LogP contribution in [0.15, 0.2) is 30.3 Å². The van der Waals surface area contributed by atoms with Gasteiger partial charge in [-0.3, -0.25) is 9.59 Å². The van der Waals surface area contributed by atoms with Crippen LogP contribution in [0.5, 0.6) is 0 Å². The predicted molar refractivity (Wildman–Crippen MR) is 101 cm³/mol. The number of carbonyl (C=O) groups excluding carboxylic acids is 2. The molecule has 3 fully saturated rings. The second-order valence-corrected chi connectivity index (χ2v) is 9.16. The Labute approximate surface area is 156 Å². The molecule has 3 atom stereocenters. The molecule has 1 saturated heterocycles. The van der Waals surface area contributed by atoms with E-state index in [1.165, 1.54) is 12.8 Å². The summed E-state index contributed by atoms with van der Waals surface area (Å²) in [6.45, 7) is 5.86. The van der Waals surface area contributed by atoms with E-state index in [1.807, 2.05) is 30.3 Å². The molecular weight excluding hydrogens is 324 g/mol. The van der Waals surface area contributed by atoms with Crippen LogP contribution in [-0.2, 0) is 16.0 Å². The first kappa shape index (κ1) is 17.6. The molecule has 3 aliphatic rings. The number of hydrogen-bond donors (Lipinski definition) is 1. The first-order valence-electron chi connectivity index (χ1n) is 10.1. The summed E-state index contributed by atoms with van der Waals surface area (Å²) in [4.78, 5) is 27.3. The first-order valence-corrected chi connectivity index (χ1v) is 10.1. The van der Waals surface area contributed by atoms with Crippen molar-refractivity contribution in [3.8, 4) is 0 Å². The van der Waals surface area contributed by atoms with Gasteiger partial charge in [0.15, 0.2) is 0 Å². The number of nitrogens with zero attached hydrogens (tertiary/aromatic N) is 1. The maximum absolute atomic E-state index is 12.8. The Bertz CT molecular complexity index is 681. The molecule has 1 aromatic rings. The zero-order valence-electron chi connectivity index (χ0n) is 15.9. The monoisotopic (exact) mass is 354 g/mol. The van der Waals surface area contributed by atoms with Crippen LogP contribution < -0.4 is 5.32 Å². The summed E-state index contributed by atoms with van der Waals surface area (Å²) in [5.74, 6) is 2.25. The minimum absolute atomic E-state index is 0.0741. The number of rotatable bonds is 5. The van der Waals surface area contributed by atoms with Crippen molar-refractivity contribution in [2.45, 2.75) is 52.0 Å². The fourth-order valence-electron chi connectivity index (χ4n) is 4.62. The van der Waals surface area contributed by atoms with Crippen molar-refractivity contribution >= 4 is 11.8 Å². The van der Waals surface area contributed by atoms with Gasteiger partial charge in [-0.1, -0.05) is 44.2 Å². The Morgan fingerprint density at radius 2 is 1.88 bits per heavy atom. The standard InChI is InChI=1S/C22H30N2O2/c1-22(2)14-24(21(26)18-13-17(18)16-8-9-16)11-10-19(22)23-20(25)12-15-6-4-3-5-7-15/h3-7,16-19H,8-14H2,1-2H3,(H,23,25)/t17-,18+,19?/m0/s1. The van der Waals surface area contributed by atoms with Gasteiger partial charge in [-0.2, -0.15) is 0 Å². The third kappa shape index (κ3) is 3.79. The van der Waals surface area contributed by atoms with Crippen molar-refractivity contribution in [3.05, 3.63) is 35.9 Å². The van der Waals surface area contributed by atoms with Crippen molar-refractivity contribution in [3.63, 3.8) is 0 Å². The molecule has 0 spiro atoms. The SMILES string of the molecule is CC1(C)CN(C(=O)[C@@H]2C[C@H]2C2CC2)CCC1NC(=O)Cc1ccccc1. The summed E-state index contributed by atoms with van der Waals surface area (Å²) in [5.41, 5.74) is 0.944. The zero-order chi connectivity index (χ0) is 18.3. The van der Waals surface area contributed by atoms with Gasteiger partial charge in [0.05, 0.1) is 6.42 Å². The molecule has 1 heterocycles. The van der Waals surface area contributed by atoms with Gasteiger partial charge in [0.2, 0.25) is 11.8 Å². The molecule has 1 aromatic carbocycles. The quantitative estimate of drug-likeness (QED) is 0.884. The molecular formula is C22H30N2O2. The average Bonchev–Trinajstić information content (AvgIpc) is 3.48. The fraction of sp³-hybridized carbons (Fsp3) is 0.636. The second-order valence-electron chi connectivity index (χ2n) is 9.16. The summed E-state index contributed by atoms with van der Waals surface area (Å²) in [6.07, 6.45) is 5.03. The smallest absolute Gasteiger partial charge is 0.226 e. The Kier molecular flexibility index (Phi) is 4.54. The van der Waals surface area contributed by atoms with E-state index >= 15 is 0 Å². The van der Waals surface area contributed by atoms with Crippen LogP contribution in [-0.4, -0.2) is 35.8 Å². The zero-order valence-corrected chi connectivity index (χ0v) is 15.9. The van der Waals surface area contributed by atoms with Crippen molar-refractivity contribution in [1.29, 1.82) is 0 Å². The fourth-order valence-corrected chi connectivity index (χ4v) is 4.62. The largest absolute Gasteiger partial charge is 0.352 e. The lowest BCUT2D eigenvalue weighted by Gasteiger charge is -2.44. The molecule has 2 amide bonds. The first-order chi connectivity index (χ1) is 12.4. The topological polar surface area (TPSA) is 49.4 Å². The highest BCUT2D eigenvalue weighted by atomic mass is 16.2. The predicted octanol–water partition coefficient (Wildman–Crippen LogP) is 3.02. The molecule has 4 nitrogen and oxygen atoms in total. The summed E-state index contributed by atoms with van der Waals surface area (Å²) in [5, 5.41) is 3.22. The number of amides is 2. The highest BCUT2D eigenvalue weighted by molar-refractivity contribution is 5.82. The van der Waals surface area contributed by atoms with Crippen LogP contribution in [0.2, 0.25) is 0 Å². The van der Waals surface area contributed by atoms with Crippen LogP contribution in [0, 0.1) is 23.2 Å². The van der Waals surface area contributed by atoms with Gasteiger partial charge in [-0.15, -0.1) is 0 Å². The lowest BCUT2D eigenvalue weighted by atomic mass is 9.78. The Morgan fingerprint density at radius 1 is 1.15 bits per heavy atom. The van der Waals surface area contributed by atoms with Gasteiger partial charge in [0.1, 0.15) is 0 Å². The lowest BCUT2D eigenvalue weighted by Crippen LogP contribution is -2.57. The Hall–Kier alpha value is -1.84. The number of hydrogen-bond acceptors (Lipinski definition) is 2. The van der Waals surface area contributed by atoms with Crippen LogP contribution in [0.1, 0.15) is 45.1 Å². The third-order valence-corrected chi connectivity index (χ3v) is 6.47. The molecule has 140 valence electrons. The number of piperidine rings is 1. The molecule has 26 heavy (non-hydrogen) atoms. The summed E-state index contributed by atoms with van der Waals surface area (Å²) >= 11 is 0. The minimum Gasteiger partial charge on any atom is -0.352 e. The number of nitrogens with one attached hydrogen (secondary N) is 1. The highest BCUT2D eigenvalue weighted by Crippen LogP contribution is 2.55. The average molecular weight is 354 g/mol.